The van der Waals surface area contributed by atoms with E-state index in [1.165, 1.54) is 0 Å². The lowest BCUT2D eigenvalue weighted by molar-refractivity contribution is -0.138. The number of carboxylic acid groups (broad SMARTS) is 1. The number of nitrogens with one attached hydrogen (secondary N) is 3. The molecule has 78 valence electrons. The van der Waals surface area contributed by atoms with E-state index in [0.717, 1.165) is 18.8 Å². The third kappa shape index (κ3) is 1.49. The summed E-state index contributed by atoms with van der Waals surface area (Å²) in [5.74, 6) is -0.817. The van der Waals surface area contributed by atoms with Crippen LogP contribution in [-0.2, 0) is 4.79 Å². The van der Waals surface area contributed by atoms with Crippen molar-refractivity contribution in [1.82, 2.24) is 16.0 Å². The van der Waals surface area contributed by atoms with E-state index in [4.69, 9.17) is 5.11 Å². The van der Waals surface area contributed by atoms with Gasteiger partial charge in [-0.2, -0.15) is 0 Å². The largest absolute Gasteiger partial charge is 0.480 e. The van der Waals surface area contributed by atoms with Gasteiger partial charge in [-0.25, -0.2) is 0 Å². The minimum Gasteiger partial charge on any atom is -0.480 e. The van der Waals surface area contributed by atoms with Crippen LogP contribution in [0.3, 0.4) is 0 Å². The predicted octanol–water partition coefficient (Wildman–Crippen LogP) is -0.776. The van der Waals surface area contributed by atoms with E-state index in [9.17, 15) is 4.79 Å². The molecule has 0 amide bonds. The van der Waals surface area contributed by atoms with Crippen molar-refractivity contribution in [2.75, 3.05) is 6.67 Å². The zero-order valence-corrected chi connectivity index (χ0v) is 8.08. The normalized spacial score (nSPS) is 35.8. The lowest BCUT2D eigenvalue weighted by Crippen LogP contribution is -2.54. The Hall–Kier alpha value is -1.07. The summed E-state index contributed by atoms with van der Waals surface area (Å²) in [5, 5.41) is 18.5. The molecule has 1 unspecified atom stereocenters. The van der Waals surface area contributed by atoms with Crippen LogP contribution in [0.25, 0.3) is 0 Å². The maximum atomic E-state index is 10.8. The molecule has 2 heterocycles. The first kappa shape index (κ1) is 9.48. The standard InChI is InChI=1S/C9H15N3O2/c1-2-5-8-6(10-4-11-8)3-7(12-5)9(13)14/h3,5,7-8,10-12H,2,4H2,1H3,(H,13,14)/t5-,7-,8?/m0/s1. The smallest absolute Gasteiger partial charge is 0.324 e. The van der Waals surface area contributed by atoms with Crippen molar-refractivity contribution >= 4 is 5.97 Å². The minimum absolute atomic E-state index is 0.200. The number of carboxylic acids is 1. The van der Waals surface area contributed by atoms with Crippen LogP contribution >= 0.6 is 0 Å². The molecule has 0 radical (unpaired) electrons. The molecule has 3 atom stereocenters. The fourth-order valence-corrected chi connectivity index (χ4v) is 2.06. The second kappa shape index (κ2) is 3.59. The van der Waals surface area contributed by atoms with Crippen molar-refractivity contribution in [1.29, 1.82) is 0 Å². The van der Waals surface area contributed by atoms with E-state index in [1.807, 2.05) is 0 Å². The average Bonchev–Trinajstić information content (AvgIpc) is 2.63. The van der Waals surface area contributed by atoms with Gasteiger partial charge in [-0.15, -0.1) is 0 Å². The maximum Gasteiger partial charge on any atom is 0.324 e. The summed E-state index contributed by atoms with van der Waals surface area (Å²) in [5.41, 5.74) is 1.02. The van der Waals surface area contributed by atoms with Crippen molar-refractivity contribution in [3.8, 4) is 0 Å². The molecule has 1 fully saturated rings. The van der Waals surface area contributed by atoms with Gasteiger partial charge >= 0.3 is 5.97 Å². The lowest BCUT2D eigenvalue weighted by atomic mass is 9.96. The molecule has 0 aromatic carbocycles. The van der Waals surface area contributed by atoms with Crippen molar-refractivity contribution in [3.05, 3.63) is 11.8 Å². The van der Waals surface area contributed by atoms with Gasteiger partial charge in [-0.1, -0.05) is 6.92 Å². The van der Waals surface area contributed by atoms with E-state index >= 15 is 0 Å². The summed E-state index contributed by atoms with van der Waals surface area (Å²) in [6, 6.07) is -0.111. The van der Waals surface area contributed by atoms with Crippen molar-refractivity contribution in [2.24, 2.45) is 0 Å². The number of fused-ring (bicyclic) bond motifs is 1. The van der Waals surface area contributed by atoms with Crippen LogP contribution in [0, 0.1) is 0 Å². The first-order chi connectivity index (χ1) is 6.72. The van der Waals surface area contributed by atoms with Gasteiger partial charge in [0.05, 0.1) is 12.7 Å². The van der Waals surface area contributed by atoms with E-state index in [1.54, 1.807) is 6.08 Å². The molecule has 14 heavy (non-hydrogen) atoms. The summed E-state index contributed by atoms with van der Waals surface area (Å²) in [6.07, 6.45) is 2.67. The molecule has 2 rings (SSSR count). The van der Waals surface area contributed by atoms with Gasteiger partial charge in [-0.3, -0.25) is 15.4 Å². The number of rotatable bonds is 2. The van der Waals surface area contributed by atoms with Gasteiger partial charge < -0.3 is 10.4 Å². The average molecular weight is 197 g/mol. The number of carbonyl (C=O) groups is 1. The minimum atomic E-state index is -0.817. The molecule has 0 aromatic heterocycles. The fourth-order valence-electron chi connectivity index (χ4n) is 2.06. The van der Waals surface area contributed by atoms with Gasteiger partial charge in [0.25, 0.3) is 0 Å². The Morgan fingerprint density at radius 1 is 1.71 bits per heavy atom. The molecule has 1 saturated heterocycles. The quantitative estimate of drug-likeness (QED) is 0.467. The van der Waals surface area contributed by atoms with Gasteiger partial charge in [0.1, 0.15) is 6.04 Å². The Kier molecular flexibility index (Phi) is 2.43. The van der Waals surface area contributed by atoms with Gasteiger partial charge in [0.2, 0.25) is 0 Å². The highest BCUT2D eigenvalue weighted by molar-refractivity contribution is 5.76. The molecule has 5 nitrogen and oxygen atoms in total. The zero-order valence-electron chi connectivity index (χ0n) is 8.08. The highest BCUT2D eigenvalue weighted by atomic mass is 16.4. The second-order valence-electron chi connectivity index (χ2n) is 3.65. The van der Waals surface area contributed by atoms with E-state index in [-0.39, 0.29) is 12.1 Å². The maximum absolute atomic E-state index is 10.8. The first-order valence-corrected chi connectivity index (χ1v) is 4.90. The van der Waals surface area contributed by atoms with Gasteiger partial charge in [-0.05, 0) is 12.5 Å². The van der Waals surface area contributed by atoms with E-state index < -0.39 is 12.0 Å². The SMILES string of the molecule is CC[C@@H]1N[C@H](C(=O)O)C=C2NCNC21. The first-order valence-electron chi connectivity index (χ1n) is 4.90. The van der Waals surface area contributed by atoms with Crippen LogP contribution in [0.15, 0.2) is 11.8 Å². The Balaban J connectivity index is 2.20. The van der Waals surface area contributed by atoms with Gasteiger partial charge in [0, 0.05) is 11.7 Å². The molecule has 2 aliphatic rings. The Bertz CT molecular complexity index is 277. The molecule has 0 aromatic rings. The summed E-state index contributed by atoms with van der Waals surface area (Å²) in [6.45, 7) is 2.78. The van der Waals surface area contributed by atoms with Crippen LogP contribution in [0.4, 0.5) is 0 Å². The number of aliphatic carboxylic acids is 1. The topological polar surface area (TPSA) is 73.4 Å². The molecular formula is C9H15N3O2. The number of hydrogen-bond acceptors (Lipinski definition) is 4. The van der Waals surface area contributed by atoms with Crippen LogP contribution in [0.2, 0.25) is 0 Å². The lowest BCUT2D eigenvalue weighted by Gasteiger charge is -2.31. The number of hydrogen-bond donors (Lipinski definition) is 4. The monoisotopic (exact) mass is 197 g/mol. The highest BCUT2D eigenvalue weighted by Gasteiger charge is 2.35. The summed E-state index contributed by atoms with van der Waals surface area (Å²) < 4.78 is 0. The van der Waals surface area contributed by atoms with Crippen molar-refractivity contribution in [3.63, 3.8) is 0 Å². The third-order valence-corrected chi connectivity index (χ3v) is 2.80. The summed E-state index contributed by atoms with van der Waals surface area (Å²) >= 11 is 0. The molecule has 5 heteroatoms. The van der Waals surface area contributed by atoms with Crippen LogP contribution in [0.1, 0.15) is 13.3 Å². The molecule has 2 aliphatic heterocycles. The highest BCUT2D eigenvalue weighted by Crippen LogP contribution is 2.17. The van der Waals surface area contributed by atoms with Gasteiger partial charge in [0.15, 0.2) is 0 Å². The van der Waals surface area contributed by atoms with Crippen LogP contribution < -0.4 is 16.0 Å². The van der Waals surface area contributed by atoms with Crippen LogP contribution in [-0.4, -0.2) is 35.9 Å². The van der Waals surface area contributed by atoms with Crippen LogP contribution in [0.5, 0.6) is 0 Å². The summed E-state index contributed by atoms with van der Waals surface area (Å²) in [7, 11) is 0. The molecule has 0 aliphatic carbocycles. The van der Waals surface area contributed by atoms with Crippen molar-refractivity contribution in [2.45, 2.75) is 31.5 Å². The molecule has 0 saturated carbocycles. The molecule has 4 N–H and O–H groups in total. The van der Waals surface area contributed by atoms with Crippen molar-refractivity contribution < 1.29 is 9.90 Å². The van der Waals surface area contributed by atoms with E-state index in [0.29, 0.717) is 0 Å². The molecule has 0 spiro atoms. The molecular weight excluding hydrogens is 182 g/mol. The fraction of sp³-hybridized carbons (Fsp3) is 0.667. The second-order valence-corrected chi connectivity index (χ2v) is 3.65. The third-order valence-electron chi connectivity index (χ3n) is 2.80. The molecule has 0 bridgehead atoms. The Labute approximate surface area is 82.6 Å². The Morgan fingerprint density at radius 3 is 3.14 bits per heavy atom. The Morgan fingerprint density at radius 2 is 2.50 bits per heavy atom. The summed E-state index contributed by atoms with van der Waals surface area (Å²) in [4.78, 5) is 10.8. The predicted molar refractivity (Wildman–Crippen MR) is 51.6 cm³/mol. The zero-order chi connectivity index (χ0) is 10.1. The van der Waals surface area contributed by atoms with E-state index in [2.05, 4.69) is 22.9 Å².